The summed E-state index contributed by atoms with van der Waals surface area (Å²) < 4.78 is 12.5. The molecule has 0 heterocycles. The maximum Gasteiger partial charge on any atom is 0.341 e. The second-order valence-corrected chi connectivity index (χ2v) is 7.70. The number of methoxy groups -OCH3 is 1. The number of hydrogen-bond acceptors (Lipinski definition) is 5. The van der Waals surface area contributed by atoms with Gasteiger partial charge in [0, 0.05) is 29.1 Å². The quantitative estimate of drug-likeness (QED) is 0.513. The van der Waals surface area contributed by atoms with E-state index < -0.39 is 12.6 Å². The second-order valence-electron chi connectivity index (χ2n) is 5.99. The van der Waals surface area contributed by atoms with Crippen molar-refractivity contribution in [3.8, 4) is 17.6 Å². The molecule has 0 unspecified atom stereocenters. The smallest absolute Gasteiger partial charge is 0.341 e. The predicted molar refractivity (Wildman–Crippen MR) is 112 cm³/mol. The van der Waals surface area contributed by atoms with Crippen LogP contribution in [0.15, 0.2) is 41.3 Å². The SMILES string of the molecule is COCCN(C)Sc1ccc(C)c(C#Cc2cc(Cl)ccc2OCC(=O)O)c1. The summed E-state index contributed by atoms with van der Waals surface area (Å²) >= 11 is 7.68. The maximum atomic E-state index is 10.8. The molecule has 0 aliphatic rings. The van der Waals surface area contributed by atoms with E-state index in [1.807, 2.05) is 26.1 Å². The number of carboxylic acid groups (broad SMARTS) is 1. The molecule has 5 nitrogen and oxygen atoms in total. The van der Waals surface area contributed by atoms with Crippen molar-refractivity contribution in [1.82, 2.24) is 4.31 Å². The number of aliphatic carboxylic acids is 1. The fourth-order valence-corrected chi connectivity index (χ4v) is 3.24. The van der Waals surface area contributed by atoms with E-state index in [-0.39, 0.29) is 0 Å². The van der Waals surface area contributed by atoms with Crippen molar-refractivity contribution in [2.24, 2.45) is 0 Å². The lowest BCUT2D eigenvalue weighted by atomic mass is 10.1. The monoisotopic (exact) mass is 419 g/mol. The minimum atomic E-state index is -1.05. The molecule has 0 spiro atoms. The molecule has 0 atom stereocenters. The molecule has 0 amide bonds. The molecule has 28 heavy (non-hydrogen) atoms. The Morgan fingerprint density at radius 3 is 2.68 bits per heavy atom. The number of hydrogen-bond donors (Lipinski definition) is 1. The molecule has 0 aliphatic carbocycles. The molecule has 1 N–H and O–H groups in total. The highest BCUT2D eigenvalue weighted by atomic mass is 35.5. The molecule has 2 rings (SSSR count). The Morgan fingerprint density at radius 1 is 1.21 bits per heavy atom. The molecule has 0 radical (unpaired) electrons. The number of carbonyl (C=O) groups is 1. The third kappa shape index (κ3) is 7.10. The third-order valence-corrected chi connectivity index (χ3v) is 4.90. The van der Waals surface area contributed by atoms with E-state index in [0.717, 1.165) is 22.6 Å². The molecular weight excluding hydrogens is 398 g/mol. The van der Waals surface area contributed by atoms with Gasteiger partial charge in [0.1, 0.15) is 5.75 Å². The second kappa shape index (κ2) is 11.0. The van der Waals surface area contributed by atoms with Gasteiger partial charge in [0.25, 0.3) is 0 Å². The Balaban J connectivity index is 2.24. The Hall–Kier alpha value is -2.17. The van der Waals surface area contributed by atoms with Crippen molar-refractivity contribution in [3.63, 3.8) is 0 Å². The average molecular weight is 420 g/mol. The molecule has 0 saturated heterocycles. The normalized spacial score (nSPS) is 10.5. The van der Waals surface area contributed by atoms with Crippen molar-refractivity contribution in [2.75, 3.05) is 33.9 Å². The Kier molecular flexibility index (Phi) is 8.68. The zero-order valence-corrected chi connectivity index (χ0v) is 17.6. The molecule has 2 aromatic rings. The summed E-state index contributed by atoms with van der Waals surface area (Å²) in [6.45, 7) is 3.03. The van der Waals surface area contributed by atoms with Gasteiger partial charge in [-0.15, -0.1) is 0 Å². The zero-order valence-electron chi connectivity index (χ0n) is 16.0. The van der Waals surface area contributed by atoms with Gasteiger partial charge in [0.05, 0.1) is 12.2 Å². The number of carboxylic acids is 1. The van der Waals surface area contributed by atoms with Crippen molar-refractivity contribution >= 4 is 29.5 Å². The Morgan fingerprint density at radius 2 is 1.96 bits per heavy atom. The minimum absolute atomic E-state index is 0.391. The molecule has 0 aromatic heterocycles. The van der Waals surface area contributed by atoms with Crippen LogP contribution in [-0.4, -0.2) is 49.3 Å². The van der Waals surface area contributed by atoms with E-state index in [1.54, 1.807) is 37.3 Å². The summed E-state index contributed by atoms with van der Waals surface area (Å²) in [5.74, 6) is 5.54. The van der Waals surface area contributed by atoms with Crippen LogP contribution in [0, 0.1) is 18.8 Å². The van der Waals surface area contributed by atoms with Gasteiger partial charge in [-0.2, -0.15) is 0 Å². The summed E-state index contributed by atoms with van der Waals surface area (Å²) in [7, 11) is 3.69. The molecule has 2 aromatic carbocycles. The number of likely N-dealkylation sites (N-methyl/N-ethyl adjacent to an activating group) is 1. The van der Waals surface area contributed by atoms with Gasteiger partial charge < -0.3 is 14.6 Å². The first-order valence-corrected chi connectivity index (χ1v) is 9.69. The number of halogens is 1. The molecule has 0 aliphatic heterocycles. The lowest BCUT2D eigenvalue weighted by Gasteiger charge is -2.15. The van der Waals surface area contributed by atoms with E-state index >= 15 is 0 Å². The van der Waals surface area contributed by atoms with Gasteiger partial charge in [-0.25, -0.2) is 9.10 Å². The average Bonchev–Trinajstić information content (AvgIpc) is 2.65. The van der Waals surface area contributed by atoms with E-state index in [2.05, 4.69) is 22.2 Å². The molecule has 0 fully saturated rings. The van der Waals surface area contributed by atoms with Crippen LogP contribution in [0.25, 0.3) is 0 Å². The van der Waals surface area contributed by atoms with Crippen LogP contribution in [-0.2, 0) is 9.53 Å². The highest BCUT2D eigenvalue weighted by Gasteiger charge is 2.07. The van der Waals surface area contributed by atoms with Gasteiger partial charge >= 0.3 is 5.97 Å². The maximum absolute atomic E-state index is 10.8. The fourth-order valence-electron chi connectivity index (χ4n) is 2.24. The van der Waals surface area contributed by atoms with Crippen LogP contribution >= 0.6 is 23.5 Å². The summed E-state index contributed by atoms with van der Waals surface area (Å²) in [6, 6.07) is 11.0. The van der Waals surface area contributed by atoms with Crippen LogP contribution in [0.4, 0.5) is 0 Å². The topological polar surface area (TPSA) is 59.0 Å². The zero-order chi connectivity index (χ0) is 20.5. The predicted octanol–water partition coefficient (Wildman–Crippen LogP) is 4.10. The highest BCUT2D eigenvalue weighted by molar-refractivity contribution is 7.97. The summed E-state index contributed by atoms with van der Waals surface area (Å²) in [4.78, 5) is 11.8. The molecule has 7 heteroatoms. The highest BCUT2D eigenvalue weighted by Crippen LogP contribution is 2.25. The Bertz CT molecular complexity index is 892. The number of rotatable bonds is 8. The van der Waals surface area contributed by atoms with Crippen LogP contribution < -0.4 is 4.74 Å². The van der Waals surface area contributed by atoms with Crippen molar-refractivity contribution in [3.05, 3.63) is 58.1 Å². The summed E-state index contributed by atoms with van der Waals surface area (Å²) in [5, 5.41) is 9.33. The van der Waals surface area contributed by atoms with Gasteiger partial charge in [0.2, 0.25) is 0 Å². The summed E-state index contributed by atoms with van der Waals surface area (Å²) in [6.07, 6.45) is 0. The van der Waals surface area contributed by atoms with Gasteiger partial charge in [-0.05, 0) is 61.8 Å². The number of benzene rings is 2. The van der Waals surface area contributed by atoms with E-state index in [1.165, 1.54) is 0 Å². The van der Waals surface area contributed by atoms with Crippen molar-refractivity contribution in [2.45, 2.75) is 11.8 Å². The van der Waals surface area contributed by atoms with Crippen LogP contribution in [0.5, 0.6) is 5.75 Å². The molecule has 148 valence electrons. The first kappa shape index (κ1) is 22.1. The van der Waals surface area contributed by atoms with Crippen LogP contribution in [0.3, 0.4) is 0 Å². The van der Waals surface area contributed by atoms with Gasteiger partial charge in [-0.3, -0.25) is 0 Å². The molecule has 0 bridgehead atoms. The minimum Gasteiger partial charge on any atom is -0.481 e. The fraction of sp³-hybridized carbons (Fsp3) is 0.286. The largest absolute Gasteiger partial charge is 0.481 e. The number of aryl methyl sites for hydroxylation is 1. The van der Waals surface area contributed by atoms with Crippen LogP contribution in [0.2, 0.25) is 5.02 Å². The lowest BCUT2D eigenvalue weighted by Crippen LogP contribution is -2.15. The van der Waals surface area contributed by atoms with E-state index in [0.29, 0.717) is 22.9 Å². The Labute approximate surface area is 174 Å². The molecular formula is C21H22ClNO4S. The van der Waals surface area contributed by atoms with E-state index in [9.17, 15) is 4.79 Å². The van der Waals surface area contributed by atoms with Crippen molar-refractivity contribution in [1.29, 1.82) is 0 Å². The van der Waals surface area contributed by atoms with Crippen molar-refractivity contribution < 1.29 is 19.4 Å². The van der Waals surface area contributed by atoms with Gasteiger partial charge in [-0.1, -0.05) is 29.5 Å². The standard InChI is InChI=1S/C21H22ClNO4S/c1-15-4-8-19(28-23(2)10-11-26-3)13-16(15)5-6-17-12-18(22)7-9-20(17)27-14-21(24)25/h4,7-9,12-13H,10-11,14H2,1-3H3,(H,24,25). The third-order valence-electron chi connectivity index (χ3n) is 3.71. The first-order valence-electron chi connectivity index (χ1n) is 8.54. The number of nitrogens with zero attached hydrogens (tertiary/aromatic N) is 1. The molecule has 0 saturated carbocycles. The first-order chi connectivity index (χ1) is 13.4. The van der Waals surface area contributed by atoms with E-state index in [4.69, 9.17) is 26.2 Å². The lowest BCUT2D eigenvalue weighted by molar-refractivity contribution is -0.139. The van der Waals surface area contributed by atoms with Crippen LogP contribution in [0.1, 0.15) is 16.7 Å². The number of ether oxygens (including phenoxy) is 2. The van der Waals surface area contributed by atoms with Gasteiger partial charge in [0.15, 0.2) is 6.61 Å². The summed E-state index contributed by atoms with van der Waals surface area (Å²) in [5.41, 5.74) is 2.48.